The molecule has 0 spiro atoms. The van der Waals surface area contributed by atoms with Gasteiger partial charge in [-0.3, -0.25) is 4.98 Å². The Kier molecular flexibility index (Phi) is 3.68. The van der Waals surface area contributed by atoms with Crippen LogP contribution in [0.3, 0.4) is 0 Å². The number of ether oxygens (including phenoxy) is 1. The van der Waals surface area contributed by atoms with Gasteiger partial charge in [0.15, 0.2) is 0 Å². The zero-order chi connectivity index (χ0) is 12.3. The average Bonchev–Trinajstić information content (AvgIpc) is 2.16. The Bertz CT molecular complexity index is 391. The summed E-state index contributed by atoms with van der Waals surface area (Å²) in [5.74, 6) is -0.288. The van der Waals surface area contributed by atoms with E-state index in [4.69, 9.17) is 4.74 Å². The van der Waals surface area contributed by atoms with Gasteiger partial charge in [-0.1, -0.05) is 20.8 Å². The summed E-state index contributed by atoms with van der Waals surface area (Å²) in [5.41, 5.74) is 2.18. The van der Waals surface area contributed by atoms with Crippen molar-refractivity contribution < 1.29 is 9.53 Å². The second-order valence-electron chi connectivity index (χ2n) is 4.88. The normalized spacial score (nSPS) is 11.3. The molecule has 0 aliphatic carbocycles. The standard InChI is InChI=1S/C13H19NO2/c1-6-16-12(15)10-7-9(2)8-14-11(10)13(3,4)5/h7-8H,6H2,1-5H3. The lowest BCUT2D eigenvalue weighted by atomic mass is 9.88. The zero-order valence-electron chi connectivity index (χ0n) is 10.6. The largest absolute Gasteiger partial charge is 0.462 e. The van der Waals surface area contributed by atoms with Crippen LogP contribution in [0.1, 0.15) is 49.3 Å². The Morgan fingerprint density at radius 1 is 1.44 bits per heavy atom. The van der Waals surface area contributed by atoms with Crippen molar-refractivity contribution in [2.24, 2.45) is 0 Å². The van der Waals surface area contributed by atoms with Crippen LogP contribution >= 0.6 is 0 Å². The number of carbonyl (C=O) groups excluding carboxylic acids is 1. The number of rotatable bonds is 2. The molecule has 0 bridgehead atoms. The van der Waals surface area contributed by atoms with Crippen molar-refractivity contribution in [3.8, 4) is 0 Å². The Morgan fingerprint density at radius 3 is 2.56 bits per heavy atom. The van der Waals surface area contributed by atoms with Gasteiger partial charge in [0, 0.05) is 11.6 Å². The molecule has 3 heteroatoms. The summed E-state index contributed by atoms with van der Waals surface area (Å²) < 4.78 is 5.04. The van der Waals surface area contributed by atoms with Gasteiger partial charge in [-0.15, -0.1) is 0 Å². The van der Waals surface area contributed by atoms with E-state index in [1.165, 1.54) is 0 Å². The number of hydrogen-bond acceptors (Lipinski definition) is 3. The first-order valence-electron chi connectivity index (χ1n) is 5.50. The first kappa shape index (κ1) is 12.7. The van der Waals surface area contributed by atoms with Crippen LogP contribution in [0, 0.1) is 6.92 Å². The highest BCUT2D eigenvalue weighted by Crippen LogP contribution is 2.24. The molecule has 0 aliphatic heterocycles. The van der Waals surface area contributed by atoms with Crippen LogP contribution in [0.2, 0.25) is 0 Å². The SMILES string of the molecule is CCOC(=O)c1cc(C)cnc1C(C)(C)C. The molecule has 0 fully saturated rings. The Morgan fingerprint density at radius 2 is 2.06 bits per heavy atom. The molecular weight excluding hydrogens is 202 g/mol. The first-order valence-corrected chi connectivity index (χ1v) is 5.50. The minimum Gasteiger partial charge on any atom is -0.462 e. The van der Waals surface area contributed by atoms with Gasteiger partial charge in [0.25, 0.3) is 0 Å². The van der Waals surface area contributed by atoms with Gasteiger partial charge in [-0.05, 0) is 25.5 Å². The Hall–Kier alpha value is -1.38. The third kappa shape index (κ3) is 2.81. The lowest BCUT2D eigenvalue weighted by molar-refractivity contribution is 0.0522. The predicted molar refractivity (Wildman–Crippen MR) is 63.6 cm³/mol. The molecule has 0 saturated heterocycles. The molecule has 88 valence electrons. The number of nitrogens with zero attached hydrogens (tertiary/aromatic N) is 1. The molecule has 1 aromatic rings. The summed E-state index contributed by atoms with van der Waals surface area (Å²) in [7, 11) is 0. The van der Waals surface area contributed by atoms with Gasteiger partial charge in [-0.2, -0.15) is 0 Å². The molecule has 0 aliphatic rings. The molecule has 0 aromatic carbocycles. The second-order valence-corrected chi connectivity index (χ2v) is 4.88. The first-order chi connectivity index (χ1) is 7.36. The zero-order valence-corrected chi connectivity index (χ0v) is 10.6. The highest BCUT2D eigenvalue weighted by molar-refractivity contribution is 5.91. The Labute approximate surface area is 96.8 Å². The van der Waals surface area contributed by atoms with E-state index in [1.807, 2.05) is 33.8 Å². The van der Waals surface area contributed by atoms with Crippen molar-refractivity contribution in [3.63, 3.8) is 0 Å². The lowest BCUT2D eigenvalue weighted by Crippen LogP contribution is -2.20. The van der Waals surface area contributed by atoms with Crippen molar-refractivity contribution in [2.75, 3.05) is 6.61 Å². The highest BCUT2D eigenvalue weighted by Gasteiger charge is 2.24. The number of aryl methyl sites for hydroxylation is 1. The van der Waals surface area contributed by atoms with E-state index in [1.54, 1.807) is 13.1 Å². The minimum atomic E-state index is -0.288. The van der Waals surface area contributed by atoms with Gasteiger partial charge in [0.1, 0.15) is 0 Å². The van der Waals surface area contributed by atoms with Gasteiger partial charge in [0.2, 0.25) is 0 Å². The van der Waals surface area contributed by atoms with Crippen LogP contribution in [0.5, 0.6) is 0 Å². The topological polar surface area (TPSA) is 39.2 Å². The summed E-state index contributed by atoms with van der Waals surface area (Å²) in [5, 5.41) is 0. The predicted octanol–water partition coefficient (Wildman–Crippen LogP) is 2.86. The fraction of sp³-hybridized carbons (Fsp3) is 0.538. The number of esters is 1. The minimum absolute atomic E-state index is 0.157. The van der Waals surface area contributed by atoms with Crippen LogP contribution in [0.25, 0.3) is 0 Å². The number of hydrogen-bond donors (Lipinski definition) is 0. The van der Waals surface area contributed by atoms with Crippen molar-refractivity contribution in [2.45, 2.75) is 40.0 Å². The van der Waals surface area contributed by atoms with E-state index in [-0.39, 0.29) is 11.4 Å². The lowest BCUT2D eigenvalue weighted by Gasteiger charge is -2.20. The maximum Gasteiger partial charge on any atom is 0.340 e. The van der Waals surface area contributed by atoms with E-state index < -0.39 is 0 Å². The number of carbonyl (C=O) groups is 1. The van der Waals surface area contributed by atoms with Crippen molar-refractivity contribution in [1.29, 1.82) is 0 Å². The third-order valence-electron chi connectivity index (χ3n) is 2.23. The van der Waals surface area contributed by atoms with E-state index >= 15 is 0 Å². The monoisotopic (exact) mass is 221 g/mol. The number of pyridine rings is 1. The second kappa shape index (κ2) is 4.64. The molecule has 1 aromatic heterocycles. The smallest absolute Gasteiger partial charge is 0.340 e. The molecule has 0 saturated carbocycles. The van der Waals surface area contributed by atoms with Gasteiger partial charge in [0.05, 0.1) is 17.9 Å². The fourth-order valence-electron chi connectivity index (χ4n) is 1.53. The molecule has 0 unspecified atom stereocenters. The maximum absolute atomic E-state index is 11.8. The average molecular weight is 221 g/mol. The van der Waals surface area contributed by atoms with E-state index in [9.17, 15) is 4.79 Å². The maximum atomic E-state index is 11.8. The van der Waals surface area contributed by atoms with Crippen LogP contribution in [-0.2, 0) is 10.2 Å². The quantitative estimate of drug-likeness (QED) is 0.721. The summed E-state index contributed by atoms with van der Waals surface area (Å²) >= 11 is 0. The van der Waals surface area contributed by atoms with Crippen LogP contribution in [0.4, 0.5) is 0 Å². The van der Waals surface area contributed by atoms with Gasteiger partial charge >= 0.3 is 5.97 Å². The molecule has 3 nitrogen and oxygen atoms in total. The summed E-state index contributed by atoms with van der Waals surface area (Å²) in [6.45, 7) is 10.2. The molecule has 1 rings (SSSR count). The Balaban J connectivity index is 3.24. The fourth-order valence-corrected chi connectivity index (χ4v) is 1.53. The molecule has 0 amide bonds. The van der Waals surface area contributed by atoms with Crippen LogP contribution in [-0.4, -0.2) is 17.6 Å². The third-order valence-corrected chi connectivity index (χ3v) is 2.23. The van der Waals surface area contributed by atoms with E-state index in [0.29, 0.717) is 12.2 Å². The van der Waals surface area contributed by atoms with Gasteiger partial charge in [-0.25, -0.2) is 4.79 Å². The molecule has 1 heterocycles. The molecule has 0 radical (unpaired) electrons. The van der Waals surface area contributed by atoms with Gasteiger partial charge < -0.3 is 4.74 Å². The summed E-state index contributed by atoms with van der Waals surface area (Å²) in [4.78, 5) is 16.2. The van der Waals surface area contributed by atoms with Crippen LogP contribution < -0.4 is 0 Å². The number of aromatic nitrogens is 1. The van der Waals surface area contributed by atoms with E-state index in [2.05, 4.69) is 4.98 Å². The van der Waals surface area contributed by atoms with Crippen molar-refractivity contribution >= 4 is 5.97 Å². The summed E-state index contributed by atoms with van der Waals surface area (Å²) in [6, 6.07) is 1.84. The molecule has 0 N–H and O–H groups in total. The van der Waals surface area contributed by atoms with Crippen molar-refractivity contribution in [1.82, 2.24) is 4.98 Å². The molecule has 0 atom stereocenters. The molecular formula is C13H19NO2. The molecule has 16 heavy (non-hydrogen) atoms. The highest BCUT2D eigenvalue weighted by atomic mass is 16.5. The van der Waals surface area contributed by atoms with Crippen molar-refractivity contribution in [3.05, 3.63) is 29.1 Å². The summed E-state index contributed by atoms with van der Waals surface area (Å²) in [6.07, 6.45) is 1.78. The van der Waals surface area contributed by atoms with E-state index in [0.717, 1.165) is 11.3 Å². The van der Waals surface area contributed by atoms with Crippen LogP contribution in [0.15, 0.2) is 12.3 Å².